The maximum atomic E-state index is 8.75. The average molecular weight is 229 g/mol. The Morgan fingerprint density at radius 1 is 1.27 bits per heavy atom. The second kappa shape index (κ2) is 5.25. The SMILES string of the molecule is NC(=S)NN=C1CCCC(=N\O)/C1=N/O. The van der Waals surface area contributed by atoms with Crippen molar-refractivity contribution in [1.29, 1.82) is 0 Å². The number of hydrogen-bond donors (Lipinski definition) is 4. The fourth-order valence-corrected chi connectivity index (χ4v) is 1.32. The van der Waals surface area contributed by atoms with Crippen LogP contribution in [0.2, 0.25) is 0 Å². The average Bonchev–Trinajstić information content (AvgIpc) is 2.25. The zero-order valence-corrected chi connectivity index (χ0v) is 8.66. The largest absolute Gasteiger partial charge is 0.411 e. The molecule has 0 bridgehead atoms. The summed E-state index contributed by atoms with van der Waals surface area (Å²) in [5.74, 6) is 0. The number of nitrogens with zero attached hydrogens (tertiary/aromatic N) is 3. The van der Waals surface area contributed by atoms with Crippen molar-refractivity contribution in [3.63, 3.8) is 0 Å². The van der Waals surface area contributed by atoms with Crippen molar-refractivity contribution >= 4 is 34.5 Å². The van der Waals surface area contributed by atoms with Crippen molar-refractivity contribution in [2.75, 3.05) is 0 Å². The highest BCUT2D eigenvalue weighted by Crippen LogP contribution is 2.11. The van der Waals surface area contributed by atoms with Crippen LogP contribution in [0.15, 0.2) is 15.4 Å². The molecule has 0 atom stereocenters. The van der Waals surface area contributed by atoms with Gasteiger partial charge in [0.05, 0.1) is 5.71 Å². The summed E-state index contributed by atoms with van der Waals surface area (Å²) in [7, 11) is 0. The molecule has 1 aliphatic rings. The minimum atomic E-state index is 0.0212. The number of nitrogens with one attached hydrogen (secondary N) is 1. The third-order valence-corrected chi connectivity index (χ3v) is 1.99. The van der Waals surface area contributed by atoms with E-state index in [4.69, 9.17) is 16.1 Å². The van der Waals surface area contributed by atoms with E-state index in [1.165, 1.54) is 0 Å². The van der Waals surface area contributed by atoms with Crippen molar-refractivity contribution in [2.45, 2.75) is 19.3 Å². The molecule has 0 unspecified atom stereocenters. The molecule has 7 nitrogen and oxygen atoms in total. The van der Waals surface area contributed by atoms with Crippen LogP contribution in [0.4, 0.5) is 0 Å². The second-order valence-electron chi connectivity index (χ2n) is 2.88. The Bertz CT molecular complexity index is 349. The van der Waals surface area contributed by atoms with E-state index in [2.05, 4.69) is 33.1 Å². The van der Waals surface area contributed by atoms with E-state index in [9.17, 15) is 0 Å². The first kappa shape index (κ1) is 11.4. The summed E-state index contributed by atoms with van der Waals surface area (Å²) in [6, 6.07) is 0. The molecule has 0 heterocycles. The zero-order chi connectivity index (χ0) is 11.3. The lowest BCUT2D eigenvalue weighted by molar-refractivity contribution is 0.313. The molecule has 1 rings (SSSR count). The van der Waals surface area contributed by atoms with Gasteiger partial charge in [-0.25, -0.2) is 0 Å². The van der Waals surface area contributed by atoms with Gasteiger partial charge in [-0.15, -0.1) is 0 Å². The molecule has 1 aliphatic carbocycles. The maximum absolute atomic E-state index is 8.75. The second-order valence-corrected chi connectivity index (χ2v) is 3.32. The maximum Gasteiger partial charge on any atom is 0.184 e. The van der Waals surface area contributed by atoms with Crippen molar-refractivity contribution < 1.29 is 10.4 Å². The van der Waals surface area contributed by atoms with Crippen LogP contribution < -0.4 is 11.2 Å². The molecule has 0 spiro atoms. The summed E-state index contributed by atoms with van der Waals surface area (Å²) in [6.45, 7) is 0. The van der Waals surface area contributed by atoms with Crippen molar-refractivity contribution in [1.82, 2.24) is 5.43 Å². The monoisotopic (exact) mass is 229 g/mol. The molecule has 0 amide bonds. The first-order valence-corrected chi connectivity index (χ1v) is 4.65. The first-order chi connectivity index (χ1) is 7.19. The Morgan fingerprint density at radius 3 is 2.47 bits per heavy atom. The molecule has 82 valence electrons. The smallest absolute Gasteiger partial charge is 0.184 e. The van der Waals surface area contributed by atoms with Crippen molar-refractivity contribution in [2.24, 2.45) is 21.1 Å². The minimum Gasteiger partial charge on any atom is -0.411 e. The molecule has 8 heteroatoms. The summed E-state index contributed by atoms with van der Waals surface area (Å²) in [5, 5.41) is 27.3. The Morgan fingerprint density at radius 2 is 1.93 bits per heavy atom. The van der Waals surface area contributed by atoms with Crippen LogP contribution in [0.3, 0.4) is 0 Å². The molecule has 0 aromatic rings. The van der Waals surface area contributed by atoms with E-state index in [-0.39, 0.29) is 10.8 Å². The number of thiocarbonyl (C=S) groups is 1. The van der Waals surface area contributed by atoms with Gasteiger partial charge in [0.25, 0.3) is 0 Å². The highest BCUT2D eigenvalue weighted by Gasteiger charge is 2.23. The van der Waals surface area contributed by atoms with Gasteiger partial charge in [0, 0.05) is 0 Å². The van der Waals surface area contributed by atoms with Gasteiger partial charge in [-0.05, 0) is 31.5 Å². The summed E-state index contributed by atoms with van der Waals surface area (Å²) < 4.78 is 0. The van der Waals surface area contributed by atoms with Crippen molar-refractivity contribution in [3.8, 4) is 0 Å². The van der Waals surface area contributed by atoms with Crippen LogP contribution in [0.1, 0.15) is 19.3 Å². The highest BCUT2D eigenvalue weighted by atomic mass is 32.1. The van der Waals surface area contributed by atoms with Crippen LogP contribution in [0.25, 0.3) is 0 Å². The number of hydrogen-bond acceptors (Lipinski definition) is 6. The molecule has 0 aromatic heterocycles. The molecule has 0 saturated heterocycles. The normalized spacial score (nSPS) is 24.7. The van der Waals surface area contributed by atoms with E-state index >= 15 is 0 Å². The van der Waals surface area contributed by atoms with Gasteiger partial charge in [0.2, 0.25) is 0 Å². The molecular formula is C7H11N5O2S. The lowest BCUT2D eigenvalue weighted by Gasteiger charge is -2.14. The van der Waals surface area contributed by atoms with Gasteiger partial charge < -0.3 is 16.1 Å². The van der Waals surface area contributed by atoms with Crippen LogP contribution in [0, 0.1) is 0 Å². The predicted octanol–water partition coefficient (Wildman–Crippen LogP) is 0.0199. The molecule has 0 aromatic carbocycles. The van der Waals surface area contributed by atoms with Crippen LogP contribution >= 0.6 is 12.2 Å². The van der Waals surface area contributed by atoms with Crippen LogP contribution in [0.5, 0.6) is 0 Å². The zero-order valence-electron chi connectivity index (χ0n) is 7.84. The van der Waals surface area contributed by atoms with E-state index < -0.39 is 0 Å². The lowest BCUT2D eigenvalue weighted by atomic mass is 9.94. The quantitative estimate of drug-likeness (QED) is 0.287. The molecule has 1 fully saturated rings. The Labute approximate surface area is 91.3 Å². The topological polar surface area (TPSA) is 116 Å². The third-order valence-electron chi connectivity index (χ3n) is 1.90. The van der Waals surface area contributed by atoms with E-state index in [1.807, 2.05) is 0 Å². The number of nitrogens with two attached hydrogens (primary N) is 1. The summed E-state index contributed by atoms with van der Waals surface area (Å²) in [4.78, 5) is 0. The van der Waals surface area contributed by atoms with E-state index in [1.54, 1.807) is 0 Å². The van der Waals surface area contributed by atoms with Crippen molar-refractivity contribution in [3.05, 3.63) is 0 Å². The van der Waals surface area contributed by atoms with Crippen LogP contribution in [-0.2, 0) is 0 Å². The number of oxime groups is 2. The molecule has 5 N–H and O–H groups in total. The Hall–Kier alpha value is -1.70. The third kappa shape index (κ3) is 2.88. The van der Waals surface area contributed by atoms with Gasteiger partial charge in [0.1, 0.15) is 5.71 Å². The Kier molecular flexibility index (Phi) is 3.98. The summed E-state index contributed by atoms with van der Waals surface area (Å²) >= 11 is 4.57. The van der Waals surface area contributed by atoms with Crippen LogP contribution in [-0.4, -0.2) is 32.7 Å². The molecular weight excluding hydrogens is 218 g/mol. The van der Waals surface area contributed by atoms with E-state index in [0.717, 1.165) is 6.42 Å². The standard InChI is InChI=1S/C7H11N5O2S/c8-7(15)10-9-4-2-1-3-5(11-13)6(4)12-14/h13-14H,1-3H2,(H3,8,10,15)/b9-4?,11-5+,12-6+. The molecule has 0 radical (unpaired) electrons. The predicted molar refractivity (Wildman–Crippen MR) is 59.7 cm³/mol. The lowest BCUT2D eigenvalue weighted by Crippen LogP contribution is -2.33. The molecule has 15 heavy (non-hydrogen) atoms. The van der Waals surface area contributed by atoms with Gasteiger partial charge in [0.15, 0.2) is 10.8 Å². The number of rotatable bonds is 1. The summed E-state index contributed by atoms with van der Waals surface area (Å²) in [5.41, 5.74) is 8.51. The van der Waals surface area contributed by atoms with Gasteiger partial charge in [-0.1, -0.05) is 10.3 Å². The van der Waals surface area contributed by atoms with E-state index in [0.29, 0.717) is 24.3 Å². The number of hydrazone groups is 1. The summed E-state index contributed by atoms with van der Waals surface area (Å²) in [6.07, 6.45) is 1.91. The van der Waals surface area contributed by atoms with Gasteiger partial charge in [-0.3, -0.25) is 5.43 Å². The Balaban J connectivity index is 2.88. The fourth-order valence-electron chi connectivity index (χ4n) is 1.27. The fraction of sp³-hybridized carbons (Fsp3) is 0.429. The molecule has 0 aliphatic heterocycles. The van der Waals surface area contributed by atoms with Gasteiger partial charge >= 0.3 is 0 Å². The highest BCUT2D eigenvalue weighted by molar-refractivity contribution is 7.80. The minimum absolute atomic E-state index is 0.0212. The first-order valence-electron chi connectivity index (χ1n) is 4.24. The molecule has 1 saturated carbocycles. The van der Waals surface area contributed by atoms with Gasteiger partial charge in [-0.2, -0.15) is 5.10 Å².